The lowest BCUT2D eigenvalue weighted by molar-refractivity contribution is 0.127. The molecule has 0 aromatic heterocycles. The van der Waals surface area contributed by atoms with Crippen LogP contribution in [0, 0.1) is 35.3 Å². The predicted octanol–water partition coefficient (Wildman–Crippen LogP) is 6.17. The van der Waals surface area contributed by atoms with Gasteiger partial charge in [-0.15, -0.1) is 0 Å². The lowest BCUT2D eigenvalue weighted by atomic mass is 9.69. The SMILES string of the molecule is COC/C=C/C1CCC(C2CCC(COc3ccc(OC)c(F)c3F)CC2)CC1. The predicted molar refractivity (Wildman–Crippen MR) is 110 cm³/mol. The van der Waals surface area contributed by atoms with E-state index >= 15 is 0 Å². The van der Waals surface area contributed by atoms with E-state index in [9.17, 15) is 8.78 Å². The van der Waals surface area contributed by atoms with E-state index < -0.39 is 11.6 Å². The van der Waals surface area contributed by atoms with Crippen LogP contribution >= 0.6 is 0 Å². The lowest BCUT2D eigenvalue weighted by Crippen LogP contribution is -2.27. The highest BCUT2D eigenvalue weighted by molar-refractivity contribution is 5.34. The third kappa shape index (κ3) is 5.94. The summed E-state index contributed by atoms with van der Waals surface area (Å²) in [5.74, 6) is 0.720. The molecule has 2 fully saturated rings. The maximum Gasteiger partial charge on any atom is 0.204 e. The van der Waals surface area contributed by atoms with E-state index in [2.05, 4.69) is 12.2 Å². The fourth-order valence-electron chi connectivity index (χ4n) is 4.97. The van der Waals surface area contributed by atoms with Crippen molar-refractivity contribution in [3.8, 4) is 11.5 Å². The Kier molecular flexibility index (Phi) is 8.34. The zero-order valence-electron chi connectivity index (χ0n) is 17.7. The Morgan fingerprint density at radius 1 is 0.862 bits per heavy atom. The Labute approximate surface area is 173 Å². The normalized spacial score (nSPS) is 27.9. The van der Waals surface area contributed by atoms with Crippen molar-refractivity contribution in [2.45, 2.75) is 51.4 Å². The molecule has 1 aromatic rings. The van der Waals surface area contributed by atoms with Crippen LogP contribution in [0.4, 0.5) is 8.78 Å². The summed E-state index contributed by atoms with van der Waals surface area (Å²) in [5.41, 5.74) is 0. The molecular weight excluding hydrogens is 374 g/mol. The molecular formula is C24H34F2O3. The van der Waals surface area contributed by atoms with Gasteiger partial charge < -0.3 is 14.2 Å². The van der Waals surface area contributed by atoms with Gasteiger partial charge in [-0.3, -0.25) is 0 Å². The molecule has 5 heteroatoms. The van der Waals surface area contributed by atoms with Gasteiger partial charge >= 0.3 is 0 Å². The van der Waals surface area contributed by atoms with Gasteiger partial charge in [0.2, 0.25) is 11.6 Å². The molecule has 0 amide bonds. The minimum Gasteiger partial charge on any atom is -0.494 e. The highest BCUT2D eigenvalue weighted by atomic mass is 19.2. The van der Waals surface area contributed by atoms with E-state index in [0.717, 1.165) is 24.7 Å². The Hall–Kier alpha value is -1.62. The minimum absolute atomic E-state index is 0.0229. The fourth-order valence-corrected chi connectivity index (χ4v) is 4.97. The van der Waals surface area contributed by atoms with Crippen LogP contribution in [0.25, 0.3) is 0 Å². The van der Waals surface area contributed by atoms with Crippen LogP contribution in [0.1, 0.15) is 51.4 Å². The quantitative estimate of drug-likeness (QED) is 0.482. The summed E-state index contributed by atoms with van der Waals surface area (Å²) in [5, 5.41) is 0. The van der Waals surface area contributed by atoms with E-state index in [4.69, 9.17) is 14.2 Å². The molecule has 3 nitrogen and oxygen atoms in total. The molecule has 0 unspecified atom stereocenters. The molecule has 0 atom stereocenters. The van der Waals surface area contributed by atoms with Gasteiger partial charge in [-0.1, -0.05) is 12.2 Å². The van der Waals surface area contributed by atoms with E-state index in [-0.39, 0.29) is 11.5 Å². The Balaban J connectivity index is 1.40. The van der Waals surface area contributed by atoms with E-state index in [0.29, 0.717) is 25.0 Å². The largest absolute Gasteiger partial charge is 0.494 e. The molecule has 2 saturated carbocycles. The van der Waals surface area contributed by atoms with Gasteiger partial charge in [0, 0.05) is 7.11 Å². The first-order valence-corrected chi connectivity index (χ1v) is 10.9. The molecule has 0 bridgehead atoms. The van der Waals surface area contributed by atoms with Gasteiger partial charge in [-0.25, -0.2) is 0 Å². The van der Waals surface area contributed by atoms with Crippen molar-refractivity contribution >= 4 is 0 Å². The van der Waals surface area contributed by atoms with Crippen LogP contribution in [-0.2, 0) is 4.74 Å². The van der Waals surface area contributed by atoms with Gasteiger partial charge in [0.05, 0.1) is 20.3 Å². The smallest absolute Gasteiger partial charge is 0.204 e. The topological polar surface area (TPSA) is 27.7 Å². The third-order valence-corrected chi connectivity index (χ3v) is 6.75. The van der Waals surface area contributed by atoms with E-state index in [1.165, 1.54) is 57.8 Å². The first-order valence-electron chi connectivity index (χ1n) is 10.9. The summed E-state index contributed by atoms with van der Waals surface area (Å²) < 4.78 is 43.3. The summed E-state index contributed by atoms with van der Waals surface area (Å²) in [6.45, 7) is 1.16. The Morgan fingerprint density at radius 3 is 2.07 bits per heavy atom. The first-order chi connectivity index (χ1) is 14.1. The monoisotopic (exact) mass is 408 g/mol. The summed E-state index contributed by atoms with van der Waals surface area (Å²) in [6.07, 6.45) is 14.4. The summed E-state index contributed by atoms with van der Waals surface area (Å²) in [6, 6.07) is 2.86. The number of hydrogen-bond acceptors (Lipinski definition) is 3. The summed E-state index contributed by atoms with van der Waals surface area (Å²) in [7, 11) is 3.05. The van der Waals surface area contributed by atoms with Crippen molar-refractivity contribution in [3.05, 3.63) is 35.9 Å². The highest BCUT2D eigenvalue weighted by Crippen LogP contribution is 2.41. The minimum atomic E-state index is -0.985. The lowest BCUT2D eigenvalue weighted by Gasteiger charge is -2.37. The van der Waals surface area contributed by atoms with Crippen LogP contribution in [0.15, 0.2) is 24.3 Å². The van der Waals surface area contributed by atoms with E-state index in [1.54, 1.807) is 7.11 Å². The molecule has 2 aliphatic carbocycles. The third-order valence-electron chi connectivity index (χ3n) is 6.75. The molecule has 0 N–H and O–H groups in total. The van der Waals surface area contributed by atoms with Crippen molar-refractivity contribution < 1.29 is 23.0 Å². The summed E-state index contributed by atoms with van der Waals surface area (Å²) in [4.78, 5) is 0. The average molecular weight is 409 g/mol. The molecule has 162 valence electrons. The number of rotatable bonds is 8. The van der Waals surface area contributed by atoms with Crippen molar-refractivity contribution in [1.29, 1.82) is 0 Å². The van der Waals surface area contributed by atoms with Crippen LogP contribution in [0.5, 0.6) is 11.5 Å². The average Bonchev–Trinajstić information content (AvgIpc) is 2.76. The zero-order valence-corrected chi connectivity index (χ0v) is 17.7. The van der Waals surface area contributed by atoms with Crippen molar-refractivity contribution in [2.24, 2.45) is 23.7 Å². The number of allylic oxidation sites excluding steroid dienone is 1. The number of methoxy groups -OCH3 is 2. The molecule has 2 aliphatic rings. The maximum absolute atomic E-state index is 14.0. The standard InChI is InChI=1S/C24H34F2O3/c1-27-15-3-4-17-5-9-19(10-6-17)20-11-7-18(8-12-20)16-29-22-14-13-21(28-2)23(25)24(22)26/h3-4,13-14,17-20H,5-12,15-16H2,1-2H3/b4-3+. The second-order valence-corrected chi connectivity index (χ2v) is 8.54. The maximum atomic E-state index is 14.0. The van der Waals surface area contributed by atoms with Crippen molar-refractivity contribution in [1.82, 2.24) is 0 Å². The Morgan fingerprint density at radius 2 is 1.45 bits per heavy atom. The molecule has 29 heavy (non-hydrogen) atoms. The van der Waals surface area contributed by atoms with Crippen LogP contribution in [0.3, 0.4) is 0 Å². The molecule has 0 radical (unpaired) electrons. The van der Waals surface area contributed by atoms with Crippen molar-refractivity contribution in [2.75, 3.05) is 27.4 Å². The molecule has 0 spiro atoms. The fraction of sp³-hybridized carbons (Fsp3) is 0.667. The van der Waals surface area contributed by atoms with Gasteiger partial charge in [0.25, 0.3) is 0 Å². The van der Waals surface area contributed by atoms with Gasteiger partial charge in [0.1, 0.15) is 0 Å². The number of benzene rings is 1. The molecule has 0 heterocycles. The highest BCUT2D eigenvalue weighted by Gasteiger charge is 2.30. The van der Waals surface area contributed by atoms with Gasteiger partial charge in [0.15, 0.2) is 11.5 Å². The number of hydrogen-bond donors (Lipinski definition) is 0. The van der Waals surface area contributed by atoms with Crippen LogP contribution in [0.2, 0.25) is 0 Å². The first kappa shape index (κ1) is 22.1. The number of halogens is 2. The van der Waals surface area contributed by atoms with Gasteiger partial charge in [-0.05, 0) is 87.2 Å². The zero-order chi connectivity index (χ0) is 20.6. The molecule has 0 saturated heterocycles. The number of ether oxygens (including phenoxy) is 3. The summed E-state index contributed by atoms with van der Waals surface area (Å²) >= 11 is 0. The second kappa shape index (κ2) is 11.0. The van der Waals surface area contributed by atoms with E-state index in [1.807, 2.05) is 0 Å². The second-order valence-electron chi connectivity index (χ2n) is 8.54. The molecule has 1 aromatic carbocycles. The van der Waals surface area contributed by atoms with Gasteiger partial charge in [-0.2, -0.15) is 8.78 Å². The van der Waals surface area contributed by atoms with Crippen LogP contribution in [-0.4, -0.2) is 27.4 Å². The van der Waals surface area contributed by atoms with Crippen LogP contribution < -0.4 is 9.47 Å². The molecule has 0 aliphatic heterocycles. The molecule has 3 rings (SSSR count). The Bertz CT molecular complexity index is 660. The van der Waals surface area contributed by atoms with Crippen molar-refractivity contribution in [3.63, 3.8) is 0 Å².